The van der Waals surface area contributed by atoms with E-state index in [2.05, 4.69) is 0 Å². The minimum absolute atomic E-state index is 0.0839. The molecule has 1 saturated heterocycles. The zero-order valence-corrected chi connectivity index (χ0v) is 19.6. The van der Waals surface area contributed by atoms with Crippen molar-refractivity contribution in [3.05, 3.63) is 63.6 Å². The molecule has 0 spiro atoms. The smallest absolute Gasteiger partial charge is 0.410 e. The van der Waals surface area contributed by atoms with Gasteiger partial charge in [-0.1, -0.05) is 41.4 Å². The Morgan fingerprint density at radius 2 is 1.87 bits per heavy atom. The number of nitrogens with zero attached hydrogens (tertiary/aromatic N) is 1. The van der Waals surface area contributed by atoms with E-state index in [1.807, 2.05) is 45.0 Å². The molecule has 0 aliphatic carbocycles. The van der Waals surface area contributed by atoms with Gasteiger partial charge >= 0.3 is 6.09 Å². The molecule has 1 unspecified atom stereocenters. The first kappa shape index (κ1) is 23.7. The lowest BCUT2D eigenvalue weighted by Gasteiger charge is -2.35. The summed E-state index contributed by atoms with van der Waals surface area (Å²) in [6.45, 7) is 7.07. The van der Waals surface area contributed by atoms with Crippen molar-refractivity contribution < 1.29 is 19.4 Å². The van der Waals surface area contributed by atoms with Crippen LogP contribution in [0.1, 0.15) is 50.8 Å². The highest BCUT2D eigenvalue weighted by Gasteiger charge is 2.30. The Hall–Kier alpha value is -1.95. The van der Waals surface area contributed by atoms with Crippen molar-refractivity contribution in [1.82, 2.24) is 4.90 Å². The standard InChI is InChI=1S/C24H29Cl2NO4/c1-24(2,3)31-23(29)27-11-9-17(10-12-27)22(28)18-6-4-5-16(13-18)15-30-21-8-7-19(25)14-20(21)26/h4-8,13-14,17,22,28H,9-12,15H2,1-3H3. The van der Waals surface area contributed by atoms with Crippen LogP contribution >= 0.6 is 23.2 Å². The van der Waals surface area contributed by atoms with Gasteiger partial charge in [0.25, 0.3) is 0 Å². The van der Waals surface area contributed by atoms with Gasteiger partial charge in [-0.2, -0.15) is 0 Å². The van der Waals surface area contributed by atoms with E-state index in [4.69, 9.17) is 32.7 Å². The fourth-order valence-corrected chi connectivity index (χ4v) is 4.08. The van der Waals surface area contributed by atoms with Crippen molar-refractivity contribution in [3.8, 4) is 5.75 Å². The molecule has 1 heterocycles. The SMILES string of the molecule is CC(C)(C)OC(=O)N1CCC(C(O)c2cccc(COc3ccc(Cl)cc3Cl)c2)CC1. The Morgan fingerprint density at radius 3 is 2.52 bits per heavy atom. The molecular formula is C24H29Cl2NO4. The minimum Gasteiger partial charge on any atom is -0.487 e. The zero-order valence-electron chi connectivity index (χ0n) is 18.1. The molecule has 1 atom stereocenters. The van der Waals surface area contributed by atoms with Crippen molar-refractivity contribution in [2.45, 2.75) is 51.9 Å². The fraction of sp³-hybridized carbons (Fsp3) is 0.458. The Labute approximate surface area is 193 Å². The molecule has 1 aliphatic rings. The highest BCUT2D eigenvalue weighted by atomic mass is 35.5. The van der Waals surface area contributed by atoms with Crippen molar-refractivity contribution in [3.63, 3.8) is 0 Å². The molecule has 0 aromatic heterocycles. The molecule has 0 saturated carbocycles. The zero-order chi connectivity index (χ0) is 22.6. The number of carbonyl (C=O) groups excluding carboxylic acids is 1. The van der Waals surface area contributed by atoms with E-state index in [1.165, 1.54) is 0 Å². The molecule has 0 radical (unpaired) electrons. The number of amides is 1. The van der Waals surface area contributed by atoms with Gasteiger partial charge in [0.05, 0.1) is 11.1 Å². The van der Waals surface area contributed by atoms with Crippen molar-refractivity contribution >= 4 is 29.3 Å². The molecule has 1 aliphatic heterocycles. The largest absolute Gasteiger partial charge is 0.487 e. The van der Waals surface area contributed by atoms with E-state index < -0.39 is 11.7 Å². The average Bonchev–Trinajstić information content (AvgIpc) is 2.72. The summed E-state index contributed by atoms with van der Waals surface area (Å²) in [5.41, 5.74) is 1.28. The van der Waals surface area contributed by atoms with E-state index in [0.717, 1.165) is 24.0 Å². The quantitative estimate of drug-likeness (QED) is 0.566. The normalized spacial score (nSPS) is 16.1. The first-order chi connectivity index (χ1) is 14.6. The Balaban J connectivity index is 1.56. The molecule has 2 aromatic rings. The van der Waals surface area contributed by atoms with Crippen LogP contribution in [-0.4, -0.2) is 34.8 Å². The first-order valence-electron chi connectivity index (χ1n) is 10.4. The van der Waals surface area contributed by atoms with Gasteiger partial charge in [-0.25, -0.2) is 4.79 Å². The molecule has 5 nitrogen and oxygen atoms in total. The third-order valence-electron chi connectivity index (χ3n) is 5.22. The van der Waals surface area contributed by atoms with E-state index in [0.29, 0.717) is 35.5 Å². The van der Waals surface area contributed by atoms with E-state index >= 15 is 0 Å². The van der Waals surface area contributed by atoms with Crippen LogP contribution < -0.4 is 4.74 Å². The number of aliphatic hydroxyl groups excluding tert-OH is 1. The number of hydrogen-bond donors (Lipinski definition) is 1. The fourth-order valence-electron chi connectivity index (χ4n) is 3.62. The highest BCUT2D eigenvalue weighted by molar-refractivity contribution is 6.35. The van der Waals surface area contributed by atoms with E-state index in [9.17, 15) is 9.90 Å². The molecule has 0 bridgehead atoms. The number of piperidine rings is 1. The molecule has 2 aromatic carbocycles. The van der Waals surface area contributed by atoms with Crippen LogP contribution in [0, 0.1) is 5.92 Å². The maximum absolute atomic E-state index is 12.2. The predicted molar refractivity (Wildman–Crippen MR) is 123 cm³/mol. The monoisotopic (exact) mass is 465 g/mol. The molecule has 1 fully saturated rings. The highest BCUT2D eigenvalue weighted by Crippen LogP contribution is 2.32. The minimum atomic E-state index is -0.597. The van der Waals surface area contributed by atoms with E-state index in [-0.39, 0.29) is 12.0 Å². The number of likely N-dealkylation sites (tertiary alicyclic amines) is 1. The topological polar surface area (TPSA) is 59.0 Å². The summed E-state index contributed by atoms with van der Waals surface area (Å²) >= 11 is 12.1. The molecule has 7 heteroatoms. The lowest BCUT2D eigenvalue weighted by atomic mass is 9.87. The molecule has 168 valence electrons. The Bertz CT molecular complexity index is 905. The number of ether oxygens (including phenoxy) is 2. The van der Waals surface area contributed by atoms with Crippen LogP contribution in [-0.2, 0) is 11.3 Å². The second-order valence-electron chi connectivity index (χ2n) is 8.86. The van der Waals surface area contributed by atoms with Gasteiger partial charge in [-0.3, -0.25) is 0 Å². The summed E-state index contributed by atoms with van der Waals surface area (Å²) in [7, 11) is 0. The number of benzene rings is 2. The van der Waals surface area contributed by atoms with Gasteiger partial charge in [0.2, 0.25) is 0 Å². The van der Waals surface area contributed by atoms with Crippen LogP contribution in [0.25, 0.3) is 0 Å². The van der Waals surface area contributed by atoms with Gasteiger partial charge in [0, 0.05) is 18.1 Å². The summed E-state index contributed by atoms with van der Waals surface area (Å²) in [6, 6.07) is 12.8. The van der Waals surface area contributed by atoms with Crippen molar-refractivity contribution in [1.29, 1.82) is 0 Å². The van der Waals surface area contributed by atoms with Gasteiger partial charge in [-0.05, 0) is 74.9 Å². The summed E-state index contributed by atoms with van der Waals surface area (Å²) in [5.74, 6) is 0.645. The second-order valence-corrected chi connectivity index (χ2v) is 9.70. The first-order valence-corrected chi connectivity index (χ1v) is 11.2. The lowest BCUT2D eigenvalue weighted by molar-refractivity contribution is 0.00765. The maximum atomic E-state index is 12.2. The molecular weight excluding hydrogens is 437 g/mol. The molecule has 1 amide bonds. The number of halogens is 2. The Kier molecular flexibility index (Phi) is 7.73. The molecule has 1 N–H and O–H groups in total. The van der Waals surface area contributed by atoms with Crippen LogP contribution in [0.3, 0.4) is 0 Å². The van der Waals surface area contributed by atoms with Gasteiger partial charge < -0.3 is 19.5 Å². The van der Waals surface area contributed by atoms with Crippen molar-refractivity contribution in [2.24, 2.45) is 5.92 Å². The lowest BCUT2D eigenvalue weighted by Crippen LogP contribution is -2.42. The average molecular weight is 466 g/mol. The van der Waals surface area contributed by atoms with E-state index in [1.54, 1.807) is 23.1 Å². The summed E-state index contributed by atoms with van der Waals surface area (Å²) in [6.07, 6.45) is 0.559. The van der Waals surface area contributed by atoms with Crippen LogP contribution in [0.15, 0.2) is 42.5 Å². The summed E-state index contributed by atoms with van der Waals surface area (Å²) in [5, 5.41) is 11.9. The summed E-state index contributed by atoms with van der Waals surface area (Å²) < 4.78 is 11.3. The third kappa shape index (κ3) is 6.76. The van der Waals surface area contributed by atoms with Crippen molar-refractivity contribution in [2.75, 3.05) is 13.1 Å². The summed E-state index contributed by atoms with van der Waals surface area (Å²) in [4.78, 5) is 14.0. The maximum Gasteiger partial charge on any atom is 0.410 e. The van der Waals surface area contributed by atoms with Crippen LogP contribution in [0.4, 0.5) is 4.79 Å². The molecule has 31 heavy (non-hydrogen) atoms. The number of rotatable bonds is 5. The number of carbonyl (C=O) groups is 1. The van der Waals surface area contributed by atoms with Gasteiger partial charge in [0.15, 0.2) is 0 Å². The number of aliphatic hydroxyl groups is 1. The predicted octanol–water partition coefficient (Wildman–Crippen LogP) is 6.25. The van der Waals surface area contributed by atoms with Gasteiger partial charge in [-0.15, -0.1) is 0 Å². The van der Waals surface area contributed by atoms with Crippen LogP contribution in [0.2, 0.25) is 10.0 Å². The molecule has 3 rings (SSSR count). The number of hydrogen-bond acceptors (Lipinski definition) is 4. The van der Waals surface area contributed by atoms with Crippen LogP contribution in [0.5, 0.6) is 5.75 Å². The second kappa shape index (κ2) is 10.1. The Morgan fingerprint density at radius 1 is 1.16 bits per heavy atom. The van der Waals surface area contributed by atoms with Gasteiger partial charge in [0.1, 0.15) is 18.0 Å². The third-order valence-corrected chi connectivity index (χ3v) is 5.75.